The zero-order chi connectivity index (χ0) is 8.97. The predicted molar refractivity (Wildman–Crippen MR) is 57.2 cm³/mol. The average molecular weight is 253 g/mol. The summed E-state index contributed by atoms with van der Waals surface area (Å²) in [5.74, 6) is 0. The number of nitrogens with zero attached hydrogens (tertiary/aromatic N) is 1. The third-order valence-electron chi connectivity index (χ3n) is 1.68. The molecule has 12 heavy (non-hydrogen) atoms. The van der Waals surface area contributed by atoms with Gasteiger partial charge in [0.15, 0.2) is 5.17 Å². The minimum atomic E-state index is 0.124. The Morgan fingerprint density at radius 3 is 3.00 bits per heavy atom. The number of hydrogen-bond donors (Lipinski definition) is 2. The second-order valence-electron chi connectivity index (χ2n) is 2.65. The zero-order valence-corrected chi connectivity index (χ0v) is 9.36. The van der Waals surface area contributed by atoms with E-state index >= 15 is 0 Å². The first-order chi connectivity index (χ1) is 5.77. The van der Waals surface area contributed by atoms with Gasteiger partial charge in [-0.15, -0.1) is 0 Å². The highest BCUT2D eigenvalue weighted by atomic mass is 79.9. The van der Waals surface area contributed by atoms with Gasteiger partial charge in [0, 0.05) is 16.6 Å². The minimum absolute atomic E-state index is 0.124. The molecule has 2 atom stereocenters. The van der Waals surface area contributed by atoms with Gasteiger partial charge >= 0.3 is 0 Å². The van der Waals surface area contributed by atoms with Crippen LogP contribution in [0.5, 0.6) is 0 Å². The number of aliphatic hydroxyl groups excluding tert-OH is 1. The van der Waals surface area contributed by atoms with Crippen LogP contribution < -0.4 is 5.32 Å². The highest BCUT2D eigenvalue weighted by molar-refractivity contribution is 9.09. The molecule has 0 aromatic heterocycles. The second kappa shape index (κ2) is 5.09. The molecule has 2 N–H and O–H groups in total. The first-order valence-electron chi connectivity index (χ1n) is 3.92. The molecule has 2 unspecified atom stereocenters. The number of alkyl halides is 1. The molecule has 70 valence electrons. The Bertz CT molecular complexity index is 177. The van der Waals surface area contributed by atoms with E-state index in [-0.39, 0.29) is 6.61 Å². The van der Waals surface area contributed by atoms with Gasteiger partial charge in [-0.3, -0.25) is 4.99 Å². The predicted octanol–water partition coefficient (Wildman–Crippen LogP) is 0.823. The van der Waals surface area contributed by atoms with Gasteiger partial charge in [-0.2, -0.15) is 0 Å². The van der Waals surface area contributed by atoms with E-state index < -0.39 is 0 Å². The van der Waals surface area contributed by atoms with E-state index in [1.165, 1.54) is 0 Å². The fourth-order valence-electron chi connectivity index (χ4n) is 0.967. The first kappa shape index (κ1) is 10.3. The topological polar surface area (TPSA) is 44.6 Å². The van der Waals surface area contributed by atoms with Gasteiger partial charge in [0.25, 0.3) is 0 Å². The monoisotopic (exact) mass is 252 g/mol. The maximum Gasteiger partial charge on any atom is 0.157 e. The van der Waals surface area contributed by atoms with Gasteiger partial charge < -0.3 is 10.4 Å². The lowest BCUT2D eigenvalue weighted by molar-refractivity contribution is 0.307. The summed E-state index contributed by atoms with van der Waals surface area (Å²) in [6.45, 7) is 2.76. The molecular weight excluding hydrogens is 240 g/mol. The lowest BCUT2D eigenvalue weighted by atomic mass is 10.3. The molecule has 0 aromatic carbocycles. The molecule has 1 saturated heterocycles. The summed E-state index contributed by atoms with van der Waals surface area (Å²) < 4.78 is 0. The maximum atomic E-state index is 8.56. The van der Waals surface area contributed by atoms with Crippen molar-refractivity contribution in [3.8, 4) is 0 Å². The van der Waals surface area contributed by atoms with Crippen molar-refractivity contribution in [2.45, 2.75) is 18.2 Å². The summed E-state index contributed by atoms with van der Waals surface area (Å²) in [7, 11) is 0. The molecule has 3 nitrogen and oxygen atoms in total. The molecule has 0 radical (unpaired) electrons. The number of amidine groups is 1. The number of aliphatic hydroxyl groups is 1. The Morgan fingerprint density at radius 2 is 2.50 bits per heavy atom. The van der Waals surface area contributed by atoms with Crippen LogP contribution >= 0.6 is 27.7 Å². The van der Waals surface area contributed by atoms with E-state index in [2.05, 4.69) is 33.2 Å². The molecule has 1 heterocycles. The summed E-state index contributed by atoms with van der Waals surface area (Å²) in [5.41, 5.74) is 0. The molecule has 5 heteroatoms. The van der Waals surface area contributed by atoms with E-state index in [1.807, 2.05) is 0 Å². The van der Waals surface area contributed by atoms with Gasteiger partial charge in [0.1, 0.15) is 0 Å². The average Bonchev–Trinajstić information content (AvgIpc) is 2.43. The van der Waals surface area contributed by atoms with E-state index in [1.54, 1.807) is 11.8 Å². The van der Waals surface area contributed by atoms with Crippen LogP contribution in [-0.2, 0) is 0 Å². The van der Waals surface area contributed by atoms with E-state index in [4.69, 9.17) is 5.11 Å². The first-order valence-corrected chi connectivity index (χ1v) is 5.92. The fourth-order valence-corrected chi connectivity index (χ4v) is 2.97. The maximum absolute atomic E-state index is 8.56. The zero-order valence-electron chi connectivity index (χ0n) is 6.96. The van der Waals surface area contributed by atoms with Gasteiger partial charge in [0.2, 0.25) is 0 Å². The third kappa shape index (κ3) is 2.64. The van der Waals surface area contributed by atoms with E-state index in [0.717, 1.165) is 10.5 Å². The minimum Gasteiger partial charge on any atom is -0.394 e. The highest BCUT2D eigenvalue weighted by Crippen LogP contribution is 2.24. The van der Waals surface area contributed by atoms with Crippen LogP contribution in [0.1, 0.15) is 6.92 Å². The van der Waals surface area contributed by atoms with Gasteiger partial charge in [-0.1, -0.05) is 27.7 Å². The molecule has 0 aromatic rings. The summed E-state index contributed by atoms with van der Waals surface area (Å²) in [6.07, 6.45) is 0. The standard InChI is InChI=1S/C7H13BrN2OS/c1-5-6(4-8)12-7(10-5)9-2-3-11/h5-6,11H,2-4H2,1H3,(H,9,10). The fraction of sp³-hybridized carbons (Fsp3) is 0.857. The van der Waals surface area contributed by atoms with Crippen LogP contribution in [0.15, 0.2) is 4.99 Å². The number of halogens is 1. The molecule has 0 bridgehead atoms. The Labute approximate surface area is 85.2 Å². The Balaban J connectivity index is 2.42. The van der Waals surface area contributed by atoms with Crippen molar-refractivity contribution in [2.75, 3.05) is 18.5 Å². The summed E-state index contributed by atoms with van der Waals surface area (Å²) in [4.78, 5) is 4.19. The van der Waals surface area contributed by atoms with Crippen molar-refractivity contribution in [3.63, 3.8) is 0 Å². The number of hydrogen-bond acceptors (Lipinski definition) is 3. The van der Waals surface area contributed by atoms with Gasteiger partial charge in [-0.25, -0.2) is 0 Å². The molecule has 1 rings (SSSR count). The lowest BCUT2D eigenvalue weighted by Gasteiger charge is -2.07. The van der Waals surface area contributed by atoms with Crippen molar-refractivity contribution >= 4 is 32.9 Å². The third-order valence-corrected chi connectivity index (χ3v) is 4.15. The van der Waals surface area contributed by atoms with Crippen molar-refractivity contribution in [2.24, 2.45) is 4.99 Å². The van der Waals surface area contributed by atoms with Crippen LogP contribution in [-0.4, -0.2) is 40.0 Å². The van der Waals surface area contributed by atoms with Crippen LogP contribution in [0.4, 0.5) is 0 Å². The van der Waals surface area contributed by atoms with Crippen molar-refractivity contribution in [1.82, 2.24) is 5.32 Å². The molecule has 1 aliphatic heterocycles. The van der Waals surface area contributed by atoms with Gasteiger partial charge in [0.05, 0.1) is 13.2 Å². The molecule has 0 aliphatic carbocycles. The van der Waals surface area contributed by atoms with Crippen molar-refractivity contribution in [3.05, 3.63) is 0 Å². The van der Waals surface area contributed by atoms with Crippen LogP contribution in [0.2, 0.25) is 0 Å². The Hall–Kier alpha value is 0.260. The normalized spacial score (nSPS) is 32.4. The number of nitrogens with one attached hydrogen (secondary N) is 1. The largest absolute Gasteiger partial charge is 0.394 e. The van der Waals surface area contributed by atoms with E-state index in [9.17, 15) is 0 Å². The SMILES string of the molecule is CC1NC(=NCCO)SC1CBr. The van der Waals surface area contributed by atoms with Crippen LogP contribution in [0, 0.1) is 0 Å². The molecular formula is C7H13BrN2OS. The van der Waals surface area contributed by atoms with E-state index in [0.29, 0.717) is 17.8 Å². The molecule has 1 aliphatic rings. The summed E-state index contributed by atoms with van der Waals surface area (Å²) in [5, 5.41) is 14.3. The molecule has 0 spiro atoms. The van der Waals surface area contributed by atoms with Crippen LogP contribution in [0.3, 0.4) is 0 Å². The quantitative estimate of drug-likeness (QED) is 0.732. The summed E-state index contributed by atoms with van der Waals surface area (Å²) >= 11 is 5.19. The molecule has 0 saturated carbocycles. The molecule has 1 fully saturated rings. The lowest BCUT2D eigenvalue weighted by Crippen LogP contribution is -2.28. The Morgan fingerprint density at radius 1 is 1.75 bits per heavy atom. The number of rotatable bonds is 3. The smallest absolute Gasteiger partial charge is 0.157 e. The number of thioether (sulfide) groups is 1. The van der Waals surface area contributed by atoms with Gasteiger partial charge in [-0.05, 0) is 6.92 Å². The van der Waals surface area contributed by atoms with Crippen molar-refractivity contribution in [1.29, 1.82) is 0 Å². The number of aliphatic imine (C=N–C) groups is 1. The Kier molecular flexibility index (Phi) is 4.39. The second-order valence-corrected chi connectivity index (χ2v) is 4.53. The van der Waals surface area contributed by atoms with Crippen molar-refractivity contribution < 1.29 is 5.11 Å². The highest BCUT2D eigenvalue weighted by Gasteiger charge is 2.26. The van der Waals surface area contributed by atoms with Crippen LogP contribution in [0.25, 0.3) is 0 Å². The molecule has 0 amide bonds. The summed E-state index contributed by atoms with van der Waals surface area (Å²) in [6, 6.07) is 0.465.